The predicted octanol–water partition coefficient (Wildman–Crippen LogP) is 2.35. The number of aromatic nitrogens is 1. The zero-order valence-electron chi connectivity index (χ0n) is 12.8. The highest BCUT2D eigenvalue weighted by atomic mass is 16.5. The molecular weight excluding hydrogens is 238 g/mol. The van der Waals surface area contributed by atoms with E-state index in [-0.39, 0.29) is 0 Å². The summed E-state index contributed by atoms with van der Waals surface area (Å²) in [5, 5.41) is 0. The topological polar surface area (TPSA) is 51.4 Å². The molecule has 1 aromatic rings. The molecule has 0 aromatic carbocycles. The molecule has 0 atom stereocenters. The van der Waals surface area contributed by atoms with E-state index in [2.05, 4.69) is 37.6 Å². The summed E-state index contributed by atoms with van der Waals surface area (Å²) in [4.78, 5) is 6.65. The number of pyridine rings is 1. The number of aryl methyl sites for hydroxylation is 1. The lowest BCUT2D eigenvalue weighted by Crippen LogP contribution is -2.39. The second-order valence-corrected chi connectivity index (χ2v) is 5.41. The summed E-state index contributed by atoms with van der Waals surface area (Å²) < 4.78 is 5.88. The first-order chi connectivity index (χ1) is 8.95. The largest absolute Gasteiger partial charge is 0.492 e. The molecule has 1 aromatic heterocycles. The van der Waals surface area contributed by atoms with Gasteiger partial charge in [-0.25, -0.2) is 0 Å². The number of rotatable bonds is 7. The first-order valence-electron chi connectivity index (χ1n) is 6.99. The van der Waals surface area contributed by atoms with E-state index in [4.69, 9.17) is 10.5 Å². The predicted molar refractivity (Wildman–Crippen MR) is 79.3 cm³/mol. The van der Waals surface area contributed by atoms with Crippen LogP contribution in [0.4, 0.5) is 0 Å². The van der Waals surface area contributed by atoms with Gasteiger partial charge in [0, 0.05) is 48.7 Å². The van der Waals surface area contributed by atoms with Crippen LogP contribution in [-0.4, -0.2) is 35.1 Å². The Morgan fingerprint density at radius 3 is 2.42 bits per heavy atom. The van der Waals surface area contributed by atoms with E-state index in [9.17, 15) is 0 Å². The molecule has 0 amide bonds. The molecule has 0 aliphatic carbocycles. The fourth-order valence-electron chi connectivity index (χ4n) is 2.22. The smallest absolute Gasteiger partial charge is 0.127 e. The fraction of sp³-hybridized carbons (Fsp3) is 0.667. The average molecular weight is 265 g/mol. The molecule has 0 saturated heterocycles. The van der Waals surface area contributed by atoms with E-state index in [0.29, 0.717) is 25.2 Å². The summed E-state index contributed by atoms with van der Waals surface area (Å²) in [7, 11) is 0. The van der Waals surface area contributed by atoms with E-state index in [1.165, 1.54) is 0 Å². The minimum absolute atomic E-state index is 0.459. The van der Waals surface area contributed by atoms with Crippen molar-refractivity contribution in [2.24, 2.45) is 5.73 Å². The van der Waals surface area contributed by atoms with Crippen molar-refractivity contribution in [3.8, 4) is 5.75 Å². The Kier molecular flexibility index (Phi) is 6.25. The van der Waals surface area contributed by atoms with Gasteiger partial charge < -0.3 is 10.5 Å². The summed E-state index contributed by atoms with van der Waals surface area (Å²) in [6.07, 6.45) is 1.80. The van der Waals surface area contributed by atoms with Crippen LogP contribution in [0.2, 0.25) is 0 Å². The zero-order chi connectivity index (χ0) is 14.4. The first kappa shape index (κ1) is 15.9. The van der Waals surface area contributed by atoms with Gasteiger partial charge in [-0.05, 0) is 34.6 Å². The molecule has 0 aliphatic rings. The lowest BCUT2D eigenvalue weighted by Gasteiger charge is -2.30. The van der Waals surface area contributed by atoms with Gasteiger partial charge in [-0.1, -0.05) is 0 Å². The van der Waals surface area contributed by atoms with Crippen molar-refractivity contribution < 1.29 is 4.74 Å². The van der Waals surface area contributed by atoms with Gasteiger partial charge in [0.05, 0.1) is 0 Å². The van der Waals surface area contributed by atoms with E-state index in [1.54, 1.807) is 6.20 Å². The number of hydrogen-bond donors (Lipinski definition) is 1. The Hall–Kier alpha value is -1.13. The van der Waals surface area contributed by atoms with Crippen LogP contribution in [0.15, 0.2) is 12.3 Å². The van der Waals surface area contributed by atoms with Gasteiger partial charge in [0.25, 0.3) is 0 Å². The maximum atomic E-state index is 5.88. The van der Waals surface area contributed by atoms with Crippen molar-refractivity contribution in [1.82, 2.24) is 9.88 Å². The Morgan fingerprint density at radius 1 is 1.26 bits per heavy atom. The van der Waals surface area contributed by atoms with Crippen LogP contribution < -0.4 is 10.5 Å². The van der Waals surface area contributed by atoms with Crippen molar-refractivity contribution in [1.29, 1.82) is 0 Å². The maximum Gasteiger partial charge on any atom is 0.127 e. The molecule has 0 saturated carbocycles. The molecule has 0 aliphatic heterocycles. The van der Waals surface area contributed by atoms with Crippen molar-refractivity contribution in [2.45, 2.75) is 53.2 Å². The van der Waals surface area contributed by atoms with Crippen LogP contribution in [-0.2, 0) is 6.54 Å². The van der Waals surface area contributed by atoms with Gasteiger partial charge >= 0.3 is 0 Å². The van der Waals surface area contributed by atoms with Gasteiger partial charge in [-0.3, -0.25) is 9.88 Å². The van der Waals surface area contributed by atoms with Crippen molar-refractivity contribution in [2.75, 3.05) is 13.2 Å². The van der Waals surface area contributed by atoms with Crippen molar-refractivity contribution >= 4 is 0 Å². The monoisotopic (exact) mass is 265 g/mol. The van der Waals surface area contributed by atoms with E-state index < -0.39 is 0 Å². The standard InChI is InChI=1S/C15H27N3O/c1-11(2)18(12(3)4)6-7-19-15-8-13(5)17-10-14(15)9-16/h8,10-12H,6-7,9,16H2,1-5H3. The second-order valence-electron chi connectivity index (χ2n) is 5.41. The van der Waals surface area contributed by atoms with E-state index in [0.717, 1.165) is 23.6 Å². The average Bonchev–Trinajstić information content (AvgIpc) is 2.33. The molecule has 2 N–H and O–H groups in total. The zero-order valence-corrected chi connectivity index (χ0v) is 12.8. The summed E-state index contributed by atoms with van der Waals surface area (Å²) in [5.74, 6) is 0.863. The fourth-order valence-corrected chi connectivity index (χ4v) is 2.22. The highest BCUT2D eigenvalue weighted by Crippen LogP contribution is 2.18. The van der Waals surface area contributed by atoms with Crippen LogP contribution in [0.5, 0.6) is 5.75 Å². The van der Waals surface area contributed by atoms with Gasteiger partial charge in [-0.15, -0.1) is 0 Å². The molecule has 4 nitrogen and oxygen atoms in total. The first-order valence-corrected chi connectivity index (χ1v) is 6.99. The van der Waals surface area contributed by atoms with Crippen LogP contribution in [0.3, 0.4) is 0 Å². The highest BCUT2D eigenvalue weighted by molar-refractivity contribution is 5.32. The Labute approximate surface area is 117 Å². The molecule has 0 spiro atoms. The lowest BCUT2D eigenvalue weighted by molar-refractivity contribution is 0.141. The number of nitrogens with zero attached hydrogens (tertiary/aromatic N) is 2. The number of hydrogen-bond acceptors (Lipinski definition) is 4. The summed E-state index contributed by atoms with van der Waals surface area (Å²) in [6, 6.07) is 3.01. The summed E-state index contributed by atoms with van der Waals surface area (Å²) >= 11 is 0. The lowest BCUT2D eigenvalue weighted by atomic mass is 10.2. The molecule has 0 bridgehead atoms. The molecule has 1 heterocycles. The Morgan fingerprint density at radius 2 is 1.89 bits per heavy atom. The molecule has 19 heavy (non-hydrogen) atoms. The molecular formula is C15H27N3O. The minimum atomic E-state index is 0.459. The molecule has 0 radical (unpaired) electrons. The minimum Gasteiger partial charge on any atom is -0.492 e. The second kappa shape index (κ2) is 7.46. The Bertz CT molecular complexity index is 383. The number of ether oxygens (including phenoxy) is 1. The SMILES string of the molecule is Cc1cc(OCCN(C(C)C)C(C)C)c(CN)cn1. The molecule has 4 heteroatoms. The maximum absolute atomic E-state index is 5.88. The number of nitrogens with two attached hydrogens (primary N) is 1. The van der Waals surface area contributed by atoms with Crippen LogP contribution in [0.25, 0.3) is 0 Å². The molecule has 0 unspecified atom stereocenters. The van der Waals surface area contributed by atoms with Crippen molar-refractivity contribution in [3.63, 3.8) is 0 Å². The quantitative estimate of drug-likeness (QED) is 0.822. The third-order valence-corrected chi connectivity index (χ3v) is 3.23. The third-order valence-electron chi connectivity index (χ3n) is 3.23. The normalized spacial score (nSPS) is 11.6. The van der Waals surface area contributed by atoms with Gasteiger partial charge in [-0.2, -0.15) is 0 Å². The van der Waals surface area contributed by atoms with E-state index in [1.807, 2.05) is 13.0 Å². The van der Waals surface area contributed by atoms with Crippen LogP contribution in [0.1, 0.15) is 39.0 Å². The molecule has 0 fully saturated rings. The van der Waals surface area contributed by atoms with Gasteiger partial charge in [0.1, 0.15) is 12.4 Å². The van der Waals surface area contributed by atoms with Gasteiger partial charge in [0.2, 0.25) is 0 Å². The third kappa shape index (κ3) is 4.80. The van der Waals surface area contributed by atoms with E-state index >= 15 is 0 Å². The van der Waals surface area contributed by atoms with Crippen molar-refractivity contribution in [3.05, 3.63) is 23.5 Å². The van der Waals surface area contributed by atoms with Crippen LogP contribution in [0, 0.1) is 6.92 Å². The summed E-state index contributed by atoms with van der Waals surface area (Å²) in [5.41, 5.74) is 7.62. The molecule has 108 valence electrons. The highest BCUT2D eigenvalue weighted by Gasteiger charge is 2.13. The Balaban J connectivity index is 2.59. The summed E-state index contributed by atoms with van der Waals surface area (Å²) in [6.45, 7) is 12.9. The van der Waals surface area contributed by atoms with Crippen LogP contribution >= 0.6 is 0 Å². The van der Waals surface area contributed by atoms with Gasteiger partial charge in [0.15, 0.2) is 0 Å². The molecule has 1 rings (SSSR count).